The second-order valence-corrected chi connectivity index (χ2v) is 4.56. The third-order valence-corrected chi connectivity index (χ3v) is 3.48. The maximum Gasteiger partial charge on any atom is 0.130 e. The lowest BCUT2D eigenvalue weighted by atomic mass is 10.1. The lowest BCUT2D eigenvalue weighted by Gasteiger charge is -2.09. The first kappa shape index (κ1) is 11.9. The van der Waals surface area contributed by atoms with E-state index in [1.165, 1.54) is 18.1 Å². The minimum atomic E-state index is 0.454. The Bertz CT molecular complexity index is 515. The van der Waals surface area contributed by atoms with Gasteiger partial charge in [0, 0.05) is 18.3 Å². The summed E-state index contributed by atoms with van der Waals surface area (Å²) < 4.78 is 0. The maximum absolute atomic E-state index is 5.76. The van der Waals surface area contributed by atoms with Crippen LogP contribution in [0, 0.1) is 13.8 Å². The minimum Gasteiger partial charge on any atom is -0.326 e. The van der Waals surface area contributed by atoms with Crippen LogP contribution in [0.15, 0.2) is 28.6 Å². The van der Waals surface area contributed by atoms with Crippen LogP contribution in [0.25, 0.3) is 0 Å². The molecule has 0 amide bonds. The van der Waals surface area contributed by atoms with Crippen molar-refractivity contribution >= 4 is 11.8 Å². The summed E-state index contributed by atoms with van der Waals surface area (Å²) >= 11 is 1.46. The third-order valence-electron chi connectivity index (χ3n) is 2.50. The molecule has 2 rings (SSSR count). The van der Waals surface area contributed by atoms with Crippen LogP contribution < -0.4 is 5.73 Å². The van der Waals surface area contributed by atoms with Crippen molar-refractivity contribution in [1.82, 2.24) is 20.2 Å². The van der Waals surface area contributed by atoms with Crippen LogP contribution in [-0.2, 0) is 6.54 Å². The van der Waals surface area contributed by atoms with Gasteiger partial charge in [-0.3, -0.25) is 0 Å². The fourth-order valence-corrected chi connectivity index (χ4v) is 2.26. The van der Waals surface area contributed by atoms with Crippen molar-refractivity contribution in [2.24, 2.45) is 5.73 Å². The molecule has 5 nitrogen and oxygen atoms in total. The molecule has 0 atom stereocenters. The number of nitrogens with zero attached hydrogens (tertiary/aromatic N) is 4. The molecule has 0 saturated carbocycles. The topological polar surface area (TPSA) is 77.6 Å². The average molecular weight is 247 g/mol. The van der Waals surface area contributed by atoms with Crippen molar-refractivity contribution < 1.29 is 0 Å². The zero-order valence-electron chi connectivity index (χ0n) is 9.71. The van der Waals surface area contributed by atoms with Crippen LogP contribution in [0.1, 0.15) is 16.8 Å². The van der Waals surface area contributed by atoms with Crippen molar-refractivity contribution in [3.8, 4) is 0 Å². The molecule has 17 heavy (non-hydrogen) atoms. The van der Waals surface area contributed by atoms with Gasteiger partial charge in [-0.15, -0.1) is 5.10 Å². The average Bonchev–Trinajstić information content (AvgIpc) is 2.36. The van der Waals surface area contributed by atoms with Gasteiger partial charge in [0.15, 0.2) is 0 Å². The molecule has 0 radical (unpaired) electrons. The largest absolute Gasteiger partial charge is 0.326 e. The van der Waals surface area contributed by atoms with Gasteiger partial charge < -0.3 is 5.73 Å². The Kier molecular flexibility index (Phi) is 3.65. The van der Waals surface area contributed by atoms with E-state index >= 15 is 0 Å². The third kappa shape index (κ3) is 2.59. The van der Waals surface area contributed by atoms with Crippen molar-refractivity contribution in [3.05, 3.63) is 35.4 Å². The zero-order chi connectivity index (χ0) is 12.3. The first-order valence-electron chi connectivity index (χ1n) is 5.19. The molecule has 0 saturated heterocycles. The van der Waals surface area contributed by atoms with E-state index in [-0.39, 0.29) is 0 Å². The number of aryl methyl sites for hydroxylation is 1. The molecule has 2 heterocycles. The Morgan fingerprint density at radius 1 is 1.29 bits per heavy atom. The highest BCUT2D eigenvalue weighted by Crippen LogP contribution is 2.28. The molecule has 2 aromatic heterocycles. The predicted molar refractivity (Wildman–Crippen MR) is 65.6 cm³/mol. The molecular formula is C11H13N5S. The molecule has 88 valence electrons. The highest BCUT2D eigenvalue weighted by atomic mass is 32.2. The first-order chi connectivity index (χ1) is 8.22. The Morgan fingerprint density at radius 2 is 2.12 bits per heavy atom. The Balaban J connectivity index is 2.37. The van der Waals surface area contributed by atoms with E-state index in [2.05, 4.69) is 20.2 Å². The fraction of sp³-hybridized carbons (Fsp3) is 0.273. The fourth-order valence-electron chi connectivity index (χ4n) is 1.39. The zero-order valence-corrected chi connectivity index (χ0v) is 10.5. The molecule has 0 spiro atoms. The van der Waals surface area contributed by atoms with Gasteiger partial charge in [-0.25, -0.2) is 9.97 Å². The van der Waals surface area contributed by atoms with Crippen molar-refractivity contribution in [3.63, 3.8) is 0 Å². The van der Waals surface area contributed by atoms with E-state index < -0.39 is 0 Å². The maximum atomic E-state index is 5.76. The summed E-state index contributed by atoms with van der Waals surface area (Å²) in [5.41, 5.74) is 8.80. The second kappa shape index (κ2) is 5.20. The van der Waals surface area contributed by atoms with Crippen LogP contribution in [0.4, 0.5) is 0 Å². The summed E-state index contributed by atoms with van der Waals surface area (Å²) in [4.78, 5) is 8.02. The molecule has 6 heteroatoms. The van der Waals surface area contributed by atoms with Gasteiger partial charge in [-0.2, -0.15) is 5.10 Å². The Hall–Kier alpha value is -1.53. The quantitative estimate of drug-likeness (QED) is 0.828. The first-order valence-corrected chi connectivity index (χ1v) is 6.00. The molecule has 0 aliphatic carbocycles. The molecule has 2 aromatic rings. The lowest BCUT2D eigenvalue weighted by molar-refractivity contribution is 0.823. The highest BCUT2D eigenvalue weighted by Gasteiger charge is 2.11. The molecule has 0 aromatic carbocycles. The van der Waals surface area contributed by atoms with Gasteiger partial charge in [0.1, 0.15) is 16.4 Å². The summed E-state index contributed by atoms with van der Waals surface area (Å²) in [6.45, 7) is 4.40. The van der Waals surface area contributed by atoms with Gasteiger partial charge in [-0.05, 0) is 37.2 Å². The van der Waals surface area contributed by atoms with E-state index in [1.807, 2.05) is 19.9 Å². The number of nitrogens with two attached hydrogens (primary N) is 1. The van der Waals surface area contributed by atoms with E-state index in [9.17, 15) is 0 Å². The summed E-state index contributed by atoms with van der Waals surface area (Å²) in [5.74, 6) is 0. The van der Waals surface area contributed by atoms with Crippen LogP contribution in [0.5, 0.6) is 0 Å². The van der Waals surface area contributed by atoms with E-state index in [1.54, 1.807) is 6.20 Å². The molecule has 0 fully saturated rings. The standard InChI is InChI=1S/C11H13N5S/c1-7-8(2)15-16-11(9(7)5-12)17-10-3-4-13-6-14-10/h3-4,6H,5,12H2,1-2H3. The summed E-state index contributed by atoms with van der Waals surface area (Å²) in [6.07, 6.45) is 3.21. The highest BCUT2D eigenvalue weighted by molar-refractivity contribution is 7.99. The molecule has 0 aliphatic heterocycles. The molecule has 2 N–H and O–H groups in total. The van der Waals surface area contributed by atoms with Gasteiger partial charge >= 0.3 is 0 Å². The second-order valence-electron chi connectivity index (χ2n) is 3.55. The van der Waals surface area contributed by atoms with Crippen molar-refractivity contribution in [2.45, 2.75) is 30.4 Å². The van der Waals surface area contributed by atoms with Gasteiger partial charge in [0.05, 0.1) is 5.69 Å². The van der Waals surface area contributed by atoms with Crippen LogP contribution in [-0.4, -0.2) is 20.2 Å². The van der Waals surface area contributed by atoms with Gasteiger partial charge in [-0.1, -0.05) is 0 Å². The van der Waals surface area contributed by atoms with Gasteiger partial charge in [0.2, 0.25) is 0 Å². The SMILES string of the molecule is Cc1nnc(Sc2ccncn2)c(CN)c1C. The van der Waals surface area contributed by atoms with Crippen LogP contribution >= 0.6 is 11.8 Å². The number of hydrogen-bond donors (Lipinski definition) is 1. The van der Waals surface area contributed by atoms with E-state index in [0.717, 1.165) is 26.9 Å². The van der Waals surface area contributed by atoms with E-state index in [4.69, 9.17) is 5.73 Å². The normalized spacial score (nSPS) is 10.5. The number of hydrogen-bond acceptors (Lipinski definition) is 6. The lowest BCUT2D eigenvalue weighted by Crippen LogP contribution is -2.06. The Labute approximate surface area is 104 Å². The minimum absolute atomic E-state index is 0.454. The van der Waals surface area contributed by atoms with Crippen LogP contribution in [0.3, 0.4) is 0 Å². The summed E-state index contributed by atoms with van der Waals surface area (Å²) in [7, 11) is 0. The van der Waals surface area contributed by atoms with Crippen LogP contribution in [0.2, 0.25) is 0 Å². The summed E-state index contributed by atoms with van der Waals surface area (Å²) in [5, 5.41) is 9.95. The van der Waals surface area contributed by atoms with E-state index in [0.29, 0.717) is 6.54 Å². The number of aromatic nitrogens is 4. The smallest absolute Gasteiger partial charge is 0.130 e. The molecule has 0 bridgehead atoms. The Morgan fingerprint density at radius 3 is 2.76 bits per heavy atom. The van der Waals surface area contributed by atoms with Crippen molar-refractivity contribution in [1.29, 1.82) is 0 Å². The monoisotopic (exact) mass is 247 g/mol. The molecule has 0 aliphatic rings. The summed E-state index contributed by atoms with van der Waals surface area (Å²) in [6, 6.07) is 1.84. The molecular weight excluding hydrogens is 234 g/mol. The predicted octanol–water partition coefficient (Wildman–Crippen LogP) is 1.49. The number of rotatable bonds is 3. The van der Waals surface area contributed by atoms with Crippen molar-refractivity contribution in [2.75, 3.05) is 0 Å². The van der Waals surface area contributed by atoms with Gasteiger partial charge in [0.25, 0.3) is 0 Å². The molecule has 0 unspecified atom stereocenters.